The third kappa shape index (κ3) is 3.66. The molecule has 0 heterocycles. The number of benzene rings is 1. The number of carbonyl (C=O) groups excluding carboxylic acids is 1. The van der Waals surface area contributed by atoms with E-state index in [0.717, 1.165) is 6.07 Å². The van der Waals surface area contributed by atoms with Gasteiger partial charge in [-0.2, -0.15) is 0 Å². The average molecular weight is 258 g/mol. The Kier molecular flexibility index (Phi) is 5.03. The highest BCUT2D eigenvalue weighted by atomic mass is 19.1. The molecule has 0 spiro atoms. The number of aliphatic hydroxyl groups is 1. The number of nitrogens with two attached hydrogens (primary N) is 1. The van der Waals surface area contributed by atoms with Crippen molar-refractivity contribution in [2.24, 2.45) is 5.92 Å². The van der Waals surface area contributed by atoms with Crippen molar-refractivity contribution in [1.82, 2.24) is 5.32 Å². The number of nitrogens with one attached hydrogen (secondary N) is 1. The molecule has 0 radical (unpaired) electrons. The summed E-state index contributed by atoms with van der Waals surface area (Å²) in [5, 5.41) is 11.2. The molecule has 4 N–H and O–H groups in total. The predicted octanol–water partition coefficient (Wildman–Crippen LogP) is 1.30. The van der Waals surface area contributed by atoms with Crippen molar-refractivity contribution in [2.75, 3.05) is 18.9 Å². The van der Waals surface area contributed by atoms with Crippen molar-refractivity contribution in [3.63, 3.8) is 0 Å². The minimum Gasteiger partial charge on any atom is -0.396 e. The van der Waals surface area contributed by atoms with E-state index < -0.39 is 17.5 Å². The molecule has 1 unspecified atom stereocenters. The third-order valence-corrected chi connectivity index (χ3v) is 2.56. The first-order valence-corrected chi connectivity index (χ1v) is 5.59. The Balaban J connectivity index is 2.70. The Bertz CT molecular complexity index is 438. The van der Waals surface area contributed by atoms with Crippen LogP contribution < -0.4 is 11.1 Å². The lowest BCUT2D eigenvalue weighted by Crippen LogP contribution is -2.29. The van der Waals surface area contributed by atoms with E-state index in [2.05, 4.69) is 5.32 Å². The van der Waals surface area contributed by atoms with Gasteiger partial charge in [0.05, 0.1) is 11.3 Å². The maximum Gasteiger partial charge on any atom is 0.254 e. The minimum atomic E-state index is -0.950. The summed E-state index contributed by atoms with van der Waals surface area (Å²) in [5.74, 6) is -2.42. The van der Waals surface area contributed by atoms with Crippen molar-refractivity contribution < 1.29 is 18.7 Å². The van der Waals surface area contributed by atoms with Crippen LogP contribution in [0.5, 0.6) is 0 Å². The summed E-state index contributed by atoms with van der Waals surface area (Å²) in [4.78, 5) is 11.6. The van der Waals surface area contributed by atoms with Gasteiger partial charge in [0.1, 0.15) is 11.6 Å². The number of amides is 1. The highest BCUT2D eigenvalue weighted by Gasteiger charge is 2.15. The van der Waals surface area contributed by atoms with Crippen molar-refractivity contribution in [1.29, 1.82) is 0 Å². The molecule has 0 aliphatic carbocycles. The van der Waals surface area contributed by atoms with Crippen LogP contribution in [-0.2, 0) is 0 Å². The number of aliphatic hydroxyl groups excluding tert-OH is 1. The van der Waals surface area contributed by atoms with Gasteiger partial charge in [-0.15, -0.1) is 0 Å². The van der Waals surface area contributed by atoms with E-state index in [9.17, 15) is 13.6 Å². The standard InChI is InChI=1S/C12H16F2N2O2/c1-7(2-3-17)6-16-12(18)8-4-11(15)10(14)5-9(8)13/h4-5,7,17H,2-3,6,15H2,1H3,(H,16,18). The molecule has 0 fully saturated rings. The predicted molar refractivity (Wildman–Crippen MR) is 64.0 cm³/mol. The first-order valence-electron chi connectivity index (χ1n) is 5.59. The number of halogens is 2. The van der Waals surface area contributed by atoms with Crippen molar-refractivity contribution in [3.05, 3.63) is 29.3 Å². The number of rotatable bonds is 5. The Labute approximate surface area is 104 Å². The third-order valence-electron chi connectivity index (χ3n) is 2.56. The Morgan fingerprint density at radius 3 is 2.72 bits per heavy atom. The topological polar surface area (TPSA) is 75.3 Å². The van der Waals surface area contributed by atoms with Crippen LogP contribution in [0.1, 0.15) is 23.7 Å². The van der Waals surface area contributed by atoms with Gasteiger partial charge in [0, 0.05) is 19.2 Å². The zero-order valence-corrected chi connectivity index (χ0v) is 10.0. The molecule has 0 aromatic heterocycles. The molecule has 1 amide bonds. The molecule has 1 rings (SSSR count). The second-order valence-electron chi connectivity index (χ2n) is 4.18. The summed E-state index contributed by atoms with van der Waals surface area (Å²) in [6.45, 7) is 2.16. The van der Waals surface area contributed by atoms with Gasteiger partial charge in [0.2, 0.25) is 0 Å². The van der Waals surface area contributed by atoms with Crippen LogP contribution in [0.2, 0.25) is 0 Å². The van der Waals surface area contributed by atoms with E-state index in [0.29, 0.717) is 19.0 Å². The molecule has 0 aliphatic rings. The zero-order chi connectivity index (χ0) is 13.7. The first-order chi connectivity index (χ1) is 8.45. The van der Waals surface area contributed by atoms with Crippen LogP contribution in [0, 0.1) is 17.6 Å². The van der Waals surface area contributed by atoms with Crippen molar-refractivity contribution >= 4 is 11.6 Å². The van der Waals surface area contributed by atoms with Gasteiger partial charge in [-0.05, 0) is 18.4 Å². The first kappa shape index (κ1) is 14.4. The summed E-state index contributed by atoms with van der Waals surface area (Å²) in [5.41, 5.74) is 4.72. The number of hydrogen-bond donors (Lipinski definition) is 3. The van der Waals surface area contributed by atoms with Gasteiger partial charge in [-0.25, -0.2) is 8.78 Å². The van der Waals surface area contributed by atoms with Gasteiger partial charge in [0.15, 0.2) is 0 Å². The fraction of sp³-hybridized carbons (Fsp3) is 0.417. The number of nitrogen functional groups attached to an aromatic ring is 1. The van der Waals surface area contributed by atoms with Crippen LogP contribution in [0.15, 0.2) is 12.1 Å². The van der Waals surface area contributed by atoms with Crippen LogP contribution >= 0.6 is 0 Å². The second kappa shape index (κ2) is 6.30. The normalized spacial score (nSPS) is 12.2. The Morgan fingerprint density at radius 2 is 2.11 bits per heavy atom. The van der Waals surface area contributed by atoms with Crippen LogP contribution in [0.4, 0.5) is 14.5 Å². The molecule has 0 aliphatic heterocycles. The zero-order valence-electron chi connectivity index (χ0n) is 10.0. The molecule has 4 nitrogen and oxygen atoms in total. The number of hydrogen-bond acceptors (Lipinski definition) is 3. The van der Waals surface area contributed by atoms with Gasteiger partial charge in [-0.1, -0.05) is 6.92 Å². The van der Waals surface area contributed by atoms with E-state index >= 15 is 0 Å². The quantitative estimate of drug-likeness (QED) is 0.697. The SMILES string of the molecule is CC(CCO)CNC(=O)c1cc(N)c(F)cc1F. The van der Waals surface area contributed by atoms with E-state index in [1.54, 1.807) is 0 Å². The molecule has 100 valence electrons. The maximum atomic E-state index is 13.4. The van der Waals surface area contributed by atoms with E-state index in [4.69, 9.17) is 10.8 Å². The lowest BCUT2D eigenvalue weighted by atomic mass is 10.1. The van der Waals surface area contributed by atoms with Crippen LogP contribution in [0.25, 0.3) is 0 Å². The average Bonchev–Trinajstić information content (AvgIpc) is 2.31. The summed E-state index contributed by atoms with van der Waals surface area (Å²) in [6, 6.07) is 1.55. The fourth-order valence-electron chi connectivity index (χ4n) is 1.42. The molecule has 0 saturated carbocycles. The van der Waals surface area contributed by atoms with E-state index in [-0.39, 0.29) is 23.8 Å². The molecule has 1 aromatic rings. The van der Waals surface area contributed by atoms with Crippen molar-refractivity contribution in [2.45, 2.75) is 13.3 Å². The lowest BCUT2D eigenvalue weighted by Gasteiger charge is -2.12. The van der Waals surface area contributed by atoms with Gasteiger partial charge in [0.25, 0.3) is 5.91 Å². The molecule has 18 heavy (non-hydrogen) atoms. The van der Waals surface area contributed by atoms with Gasteiger partial charge < -0.3 is 16.2 Å². The number of anilines is 1. The molecule has 0 bridgehead atoms. The van der Waals surface area contributed by atoms with Crippen molar-refractivity contribution in [3.8, 4) is 0 Å². The van der Waals surface area contributed by atoms with Crippen LogP contribution in [-0.4, -0.2) is 24.2 Å². The molecule has 1 aromatic carbocycles. The van der Waals surface area contributed by atoms with Crippen LogP contribution in [0.3, 0.4) is 0 Å². The van der Waals surface area contributed by atoms with E-state index in [1.807, 2.05) is 6.92 Å². The highest BCUT2D eigenvalue weighted by molar-refractivity contribution is 5.95. The summed E-state index contributed by atoms with van der Waals surface area (Å²) in [7, 11) is 0. The largest absolute Gasteiger partial charge is 0.396 e. The summed E-state index contributed by atoms with van der Waals surface area (Å²) in [6.07, 6.45) is 0.536. The summed E-state index contributed by atoms with van der Waals surface area (Å²) >= 11 is 0. The van der Waals surface area contributed by atoms with E-state index in [1.165, 1.54) is 0 Å². The molecular weight excluding hydrogens is 242 g/mol. The highest BCUT2D eigenvalue weighted by Crippen LogP contribution is 2.16. The molecule has 1 atom stereocenters. The van der Waals surface area contributed by atoms with Gasteiger partial charge >= 0.3 is 0 Å². The smallest absolute Gasteiger partial charge is 0.254 e. The van der Waals surface area contributed by atoms with Gasteiger partial charge in [-0.3, -0.25) is 4.79 Å². The molecule has 6 heteroatoms. The molecular formula is C12H16F2N2O2. The lowest BCUT2D eigenvalue weighted by molar-refractivity contribution is 0.0941. The minimum absolute atomic E-state index is 0.0227. The maximum absolute atomic E-state index is 13.4. The Morgan fingerprint density at radius 1 is 1.44 bits per heavy atom. The summed E-state index contributed by atoms with van der Waals surface area (Å²) < 4.78 is 26.3. The molecule has 0 saturated heterocycles. The fourth-order valence-corrected chi connectivity index (χ4v) is 1.42. The monoisotopic (exact) mass is 258 g/mol. The second-order valence-corrected chi connectivity index (χ2v) is 4.18. The Hall–Kier alpha value is -1.69. The number of carbonyl (C=O) groups is 1.